The van der Waals surface area contributed by atoms with E-state index in [9.17, 15) is 19.5 Å². The molecule has 0 amide bonds. The number of aliphatic carboxylic acids is 1. The van der Waals surface area contributed by atoms with Crippen LogP contribution < -0.4 is 0 Å². The van der Waals surface area contributed by atoms with Crippen LogP contribution in [0.2, 0.25) is 0 Å². The van der Waals surface area contributed by atoms with E-state index in [0.29, 0.717) is 12.8 Å². The number of carbonyl (C=O) groups excluding carboxylic acids is 2. The second-order valence-electron chi connectivity index (χ2n) is 11.7. The van der Waals surface area contributed by atoms with Crippen LogP contribution in [0.4, 0.5) is 0 Å². The van der Waals surface area contributed by atoms with Crippen molar-refractivity contribution in [3.63, 3.8) is 0 Å². The van der Waals surface area contributed by atoms with E-state index in [1.54, 1.807) is 0 Å². The van der Waals surface area contributed by atoms with Crippen molar-refractivity contribution in [2.24, 2.45) is 0 Å². The zero-order valence-electron chi connectivity index (χ0n) is 27.2. The van der Waals surface area contributed by atoms with Crippen LogP contribution >= 0.6 is 0 Å². The van der Waals surface area contributed by atoms with Gasteiger partial charge in [0, 0.05) is 19.3 Å². The molecule has 8 heteroatoms. The van der Waals surface area contributed by atoms with Gasteiger partial charge in [0.05, 0.1) is 34.4 Å². The molecule has 0 bridgehead atoms. The summed E-state index contributed by atoms with van der Waals surface area (Å²) in [5, 5.41) is 9.52. The maximum absolute atomic E-state index is 12.5. The van der Waals surface area contributed by atoms with Crippen molar-refractivity contribution in [3.8, 4) is 0 Å². The summed E-state index contributed by atoms with van der Waals surface area (Å²) in [5.41, 5.74) is 0. The lowest BCUT2D eigenvalue weighted by atomic mass is 10.1. The normalized spacial score (nSPS) is 13.6. The number of rotatable bonds is 27. The Labute approximate surface area is 255 Å². The molecule has 0 aromatic carbocycles. The van der Waals surface area contributed by atoms with Crippen LogP contribution in [0.3, 0.4) is 0 Å². The molecule has 0 heterocycles. The minimum absolute atomic E-state index is 0.0381. The highest BCUT2D eigenvalue weighted by molar-refractivity contribution is 5.72. The van der Waals surface area contributed by atoms with Gasteiger partial charge >= 0.3 is 17.9 Å². The molecule has 2 atom stereocenters. The molecule has 0 fully saturated rings. The summed E-state index contributed by atoms with van der Waals surface area (Å²) >= 11 is 0. The Bertz CT molecular complexity index is 798. The number of unbranched alkanes of at least 4 members (excludes halogenated alkanes) is 8. The lowest BCUT2D eigenvalue weighted by Gasteiger charge is -2.31. The Morgan fingerprint density at radius 1 is 0.714 bits per heavy atom. The number of nitrogens with zero attached hydrogens (tertiary/aromatic N) is 1. The predicted octanol–water partition coefficient (Wildman–Crippen LogP) is 7.18. The Kier molecular flexibility index (Phi) is 24.7. The Hall–Kier alpha value is -2.45. The highest BCUT2D eigenvalue weighted by atomic mass is 16.6. The van der Waals surface area contributed by atoms with Crippen LogP contribution in [0.25, 0.3) is 0 Å². The monoisotopic (exact) mass is 594 g/mol. The van der Waals surface area contributed by atoms with E-state index in [1.807, 2.05) is 27.2 Å². The average molecular weight is 595 g/mol. The Morgan fingerprint density at radius 2 is 1.33 bits per heavy atom. The molecule has 0 aliphatic carbocycles. The van der Waals surface area contributed by atoms with Gasteiger partial charge in [0.15, 0.2) is 12.1 Å². The molecular weight excluding hydrogens is 534 g/mol. The third kappa shape index (κ3) is 24.2. The molecule has 0 aromatic rings. The summed E-state index contributed by atoms with van der Waals surface area (Å²) in [7, 11) is 5.47. The SMILES string of the molecule is CCCC/C=C/C=C/CCCCCC(=O)OC(COCCC(C(=O)O)[N+](C)(C)C)COC(=O)CC/C=C/CCCCC. The minimum Gasteiger partial charge on any atom is -0.477 e. The number of hydrogen-bond acceptors (Lipinski definition) is 6. The number of carbonyl (C=O) groups is 3. The zero-order chi connectivity index (χ0) is 31.5. The van der Waals surface area contributed by atoms with Gasteiger partial charge in [-0.1, -0.05) is 82.4 Å². The number of esters is 2. The number of hydrogen-bond donors (Lipinski definition) is 1. The first-order chi connectivity index (χ1) is 20.1. The van der Waals surface area contributed by atoms with Crippen LogP contribution in [-0.4, -0.2) is 80.6 Å². The standard InChI is InChI=1S/C34H59NO7/c1-6-8-10-12-14-15-16-17-19-21-23-25-33(37)42-30(28-40-27-26-31(34(38)39)35(3,4)5)29-41-32(36)24-22-20-18-13-11-9-7-2/h12,14-16,18,20,30-31H,6-11,13,17,19,21-29H2,1-5H3/p+1/b14-12+,16-15+,20-18+. The molecule has 0 aliphatic rings. The van der Waals surface area contributed by atoms with E-state index >= 15 is 0 Å². The molecule has 0 spiro atoms. The lowest BCUT2D eigenvalue weighted by molar-refractivity contribution is -0.887. The van der Waals surface area contributed by atoms with Gasteiger partial charge in [-0.25, -0.2) is 4.79 Å². The maximum atomic E-state index is 12.5. The quantitative estimate of drug-likeness (QED) is 0.0354. The molecule has 2 unspecified atom stereocenters. The van der Waals surface area contributed by atoms with E-state index < -0.39 is 18.1 Å². The molecule has 0 saturated heterocycles. The van der Waals surface area contributed by atoms with Crippen molar-refractivity contribution in [1.82, 2.24) is 0 Å². The summed E-state index contributed by atoms with van der Waals surface area (Å²) < 4.78 is 17.0. The van der Waals surface area contributed by atoms with Gasteiger partial charge in [-0.3, -0.25) is 9.59 Å². The van der Waals surface area contributed by atoms with Gasteiger partial charge in [0.2, 0.25) is 0 Å². The van der Waals surface area contributed by atoms with Gasteiger partial charge in [-0.2, -0.15) is 0 Å². The fraction of sp³-hybridized carbons (Fsp3) is 0.735. The number of carboxylic acid groups (broad SMARTS) is 1. The summed E-state index contributed by atoms with van der Waals surface area (Å²) in [6, 6.07) is -0.620. The van der Waals surface area contributed by atoms with Crippen molar-refractivity contribution in [3.05, 3.63) is 36.5 Å². The van der Waals surface area contributed by atoms with Crippen LogP contribution in [0.5, 0.6) is 0 Å². The first-order valence-corrected chi connectivity index (χ1v) is 16.0. The molecule has 0 rings (SSSR count). The van der Waals surface area contributed by atoms with Gasteiger partial charge in [0.25, 0.3) is 0 Å². The molecule has 8 nitrogen and oxygen atoms in total. The van der Waals surface area contributed by atoms with Crippen molar-refractivity contribution in [2.45, 2.75) is 122 Å². The van der Waals surface area contributed by atoms with Crippen molar-refractivity contribution < 1.29 is 38.2 Å². The number of carboxylic acids is 1. The lowest BCUT2D eigenvalue weighted by Crippen LogP contribution is -2.50. The van der Waals surface area contributed by atoms with Gasteiger partial charge in [-0.15, -0.1) is 0 Å². The average Bonchev–Trinajstić information content (AvgIpc) is 2.92. The van der Waals surface area contributed by atoms with Crippen molar-refractivity contribution >= 4 is 17.9 Å². The molecule has 0 aliphatic heterocycles. The highest BCUT2D eigenvalue weighted by Crippen LogP contribution is 2.11. The van der Waals surface area contributed by atoms with E-state index in [0.717, 1.165) is 44.9 Å². The zero-order valence-corrected chi connectivity index (χ0v) is 27.2. The van der Waals surface area contributed by atoms with Crippen LogP contribution in [0, 0.1) is 0 Å². The Balaban J connectivity index is 4.61. The van der Waals surface area contributed by atoms with Gasteiger partial charge in [-0.05, 0) is 44.9 Å². The van der Waals surface area contributed by atoms with Crippen LogP contribution in [0.15, 0.2) is 36.5 Å². The van der Waals surface area contributed by atoms with Crippen LogP contribution in [0.1, 0.15) is 110 Å². The summed E-state index contributed by atoms with van der Waals surface area (Å²) in [5.74, 6) is -1.58. The minimum atomic E-state index is -0.888. The summed E-state index contributed by atoms with van der Waals surface area (Å²) in [6.07, 6.45) is 25.1. The number of quaternary nitrogens is 1. The molecule has 42 heavy (non-hydrogen) atoms. The molecule has 242 valence electrons. The smallest absolute Gasteiger partial charge is 0.362 e. The van der Waals surface area contributed by atoms with Gasteiger partial charge < -0.3 is 23.8 Å². The van der Waals surface area contributed by atoms with E-state index in [2.05, 4.69) is 44.2 Å². The maximum Gasteiger partial charge on any atom is 0.362 e. The van der Waals surface area contributed by atoms with Crippen LogP contribution in [-0.2, 0) is 28.6 Å². The topological polar surface area (TPSA) is 99.1 Å². The van der Waals surface area contributed by atoms with Gasteiger partial charge in [0.1, 0.15) is 6.61 Å². The molecule has 1 N–H and O–H groups in total. The fourth-order valence-corrected chi connectivity index (χ4v) is 4.20. The fourth-order valence-electron chi connectivity index (χ4n) is 4.20. The second kappa shape index (κ2) is 26.2. The summed E-state index contributed by atoms with van der Waals surface area (Å²) in [6.45, 7) is 4.50. The second-order valence-corrected chi connectivity index (χ2v) is 11.7. The van der Waals surface area contributed by atoms with E-state index in [1.165, 1.54) is 25.7 Å². The largest absolute Gasteiger partial charge is 0.477 e. The number of allylic oxidation sites excluding steroid dienone is 6. The van der Waals surface area contributed by atoms with Crippen molar-refractivity contribution in [2.75, 3.05) is 41.0 Å². The van der Waals surface area contributed by atoms with E-state index in [4.69, 9.17) is 14.2 Å². The van der Waals surface area contributed by atoms with Crippen molar-refractivity contribution in [1.29, 1.82) is 0 Å². The highest BCUT2D eigenvalue weighted by Gasteiger charge is 2.31. The molecule has 0 saturated carbocycles. The molecule has 0 aromatic heterocycles. The third-order valence-electron chi connectivity index (χ3n) is 6.80. The summed E-state index contributed by atoms with van der Waals surface area (Å²) in [4.78, 5) is 36.4. The van der Waals surface area contributed by atoms with E-state index in [-0.39, 0.29) is 49.1 Å². The third-order valence-corrected chi connectivity index (χ3v) is 6.80. The number of likely N-dealkylation sites (N-methyl/N-ethyl adjacent to an activating group) is 1. The number of ether oxygens (including phenoxy) is 3. The Morgan fingerprint density at radius 3 is 1.98 bits per heavy atom. The molecular formula is C34H60NO7+. The molecule has 0 radical (unpaired) electrons. The predicted molar refractivity (Wildman–Crippen MR) is 169 cm³/mol. The first kappa shape index (κ1) is 39.5. The first-order valence-electron chi connectivity index (χ1n) is 16.0.